The highest BCUT2D eigenvalue weighted by Crippen LogP contribution is 2.49. The highest BCUT2D eigenvalue weighted by atomic mass is 32.2. The van der Waals surface area contributed by atoms with Gasteiger partial charge in [-0.15, -0.1) is 11.8 Å². The summed E-state index contributed by atoms with van der Waals surface area (Å²) in [5.41, 5.74) is 1.23. The molecule has 3 aromatic rings. The molecule has 0 radical (unpaired) electrons. The molecule has 2 atom stereocenters. The van der Waals surface area contributed by atoms with E-state index in [2.05, 4.69) is 10.3 Å². The molecule has 1 saturated heterocycles. The van der Waals surface area contributed by atoms with Gasteiger partial charge in [-0.25, -0.2) is 4.79 Å². The number of fused-ring (bicyclic) bond motifs is 3. The molecule has 10 nitrogen and oxygen atoms in total. The molecule has 2 aliphatic heterocycles. The summed E-state index contributed by atoms with van der Waals surface area (Å²) in [6, 6.07) is 9.03. The van der Waals surface area contributed by atoms with Crippen LogP contribution in [0, 0.1) is 0 Å². The molecule has 5 rings (SSSR count). The van der Waals surface area contributed by atoms with Crippen LogP contribution in [-0.2, 0) is 16.1 Å². The Morgan fingerprint density at radius 1 is 1.20 bits per heavy atom. The van der Waals surface area contributed by atoms with Crippen LogP contribution >= 0.6 is 11.8 Å². The minimum atomic E-state index is -0.592. The SMILES string of the molecule is COc1ccc(NC(=O)CN2C(=O)N(Cc3ccco3)C(=O)C3Sc4cnccc4C32)c(OC)c1. The third-order valence-corrected chi connectivity index (χ3v) is 7.20. The average Bonchev–Trinajstić information content (AvgIpc) is 3.52. The topological polar surface area (TPSA) is 114 Å². The molecule has 1 aromatic carbocycles. The van der Waals surface area contributed by atoms with Gasteiger partial charge in [0.05, 0.1) is 38.8 Å². The number of imide groups is 1. The molecular weight excluding hydrogens is 472 g/mol. The Labute approximate surface area is 205 Å². The number of urea groups is 1. The highest BCUT2D eigenvalue weighted by Gasteiger charge is 2.52. The monoisotopic (exact) mass is 494 g/mol. The first-order valence-electron chi connectivity index (χ1n) is 10.8. The largest absolute Gasteiger partial charge is 0.497 e. The van der Waals surface area contributed by atoms with Gasteiger partial charge in [0.1, 0.15) is 29.1 Å². The lowest BCUT2D eigenvalue weighted by Crippen LogP contribution is -2.59. The number of nitrogens with one attached hydrogen (secondary N) is 1. The minimum absolute atomic E-state index is 0.0204. The van der Waals surface area contributed by atoms with Crippen molar-refractivity contribution in [3.8, 4) is 11.5 Å². The second-order valence-electron chi connectivity index (χ2n) is 7.93. The number of aromatic nitrogens is 1. The second-order valence-corrected chi connectivity index (χ2v) is 9.11. The standard InChI is InChI=1S/C24H22N4O6S/c1-32-14-5-6-17(18(10-14)33-2)26-20(29)13-27-21-16-7-8-25-11-19(16)35-22(21)23(30)28(24(27)31)12-15-4-3-9-34-15/h3-11,21-22H,12-13H2,1-2H3,(H,26,29). The van der Waals surface area contributed by atoms with Gasteiger partial charge >= 0.3 is 6.03 Å². The summed E-state index contributed by atoms with van der Waals surface area (Å²) in [4.78, 5) is 47.5. The van der Waals surface area contributed by atoms with Crippen LogP contribution in [0.25, 0.3) is 0 Å². The molecular formula is C24H22N4O6S. The van der Waals surface area contributed by atoms with Crippen molar-refractivity contribution in [2.75, 3.05) is 26.1 Å². The third kappa shape index (κ3) is 4.18. The van der Waals surface area contributed by atoms with E-state index < -0.39 is 23.2 Å². The Bertz CT molecular complexity index is 1280. The molecule has 0 saturated carbocycles. The van der Waals surface area contributed by atoms with E-state index in [0.29, 0.717) is 22.9 Å². The zero-order valence-electron chi connectivity index (χ0n) is 19.0. The predicted molar refractivity (Wildman–Crippen MR) is 126 cm³/mol. The van der Waals surface area contributed by atoms with Crippen molar-refractivity contribution in [2.45, 2.75) is 22.7 Å². The van der Waals surface area contributed by atoms with Gasteiger partial charge < -0.3 is 24.1 Å². The molecule has 180 valence electrons. The lowest BCUT2D eigenvalue weighted by molar-refractivity contribution is -0.134. The van der Waals surface area contributed by atoms with E-state index in [0.717, 1.165) is 15.4 Å². The van der Waals surface area contributed by atoms with Crippen LogP contribution in [0.1, 0.15) is 17.4 Å². The number of furan rings is 1. The fraction of sp³-hybridized carbons (Fsp3) is 0.250. The zero-order chi connectivity index (χ0) is 24.5. The molecule has 35 heavy (non-hydrogen) atoms. The van der Waals surface area contributed by atoms with Crippen LogP contribution in [0.5, 0.6) is 11.5 Å². The number of hydrogen-bond donors (Lipinski definition) is 1. The Balaban J connectivity index is 1.43. The Morgan fingerprint density at radius 3 is 2.80 bits per heavy atom. The van der Waals surface area contributed by atoms with Crippen molar-refractivity contribution in [3.05, 3.63) is 66.4 Å². The first-order chi connectivity index (χ1) is 17.0. The van der Waals surface area contributed by atoms with Gasteiger partial charge in [-0.2, -0.15) is 0 Å². The van der Waals surface area contributed by atoms with E-state index in [9.17, 15) is 14.4 Å². The van der Waals surface area contributed by atoms with E-state index in [4.69, 9.17) is 13.9 Å². The molecule has 0 spiro atoms. The molecule has 2 aliphatic rings. The van der Waals surface area contributed by atoms with Gasteiger partial charge in [0.2, 0.25) is 11.8 Å². The number of benzene rings is 1. The molecule has 2 aromatic heterocycles. The van der Waals surface area contributed by atoms with Crippen LogP contribution in [0.2, 0.25) is 0 Å². The Hall–Kier alpha value is -3.99. The van der Waals surface area contributed by atoms with Crippen molar-refractivity contribution in [3.63, 3.8) is 0 Å². The Kier molecular flexibility index (Phi) is 6.08. The van der Waals surface area contributed by atoms with Crippen LogP contribution in [0.15, 0.2) is 64.4 Å². The van der Waals surface area contributed by atoms with Gasteiger partial charge in [-0.3, -0.25) is 19.5 Å². The quantitative estimate of drug-likeness (QED) is 0.532. The van der Waals surface area contributed by atoms with E-state index in [1.807, 2.05) is 0 Å². The van der Waals surface area contributed by atoms with Crippen molar-refractivity contribution in [1.82, 2.24) is 14.8 Å². The summed E-state index contributed by atoms with van der Waals surface area (Å²) < 4.78 is 15.9. The van der Waals surface area contributed by atoms with Crippen molar-refractivity contribution >= 4 is 35.3 Å². The molecule has 2 unspecified atom stereocenters. The summed E-state index contributed by atoms with van der Waals surface area (Å²) in [5.74, 6) is 0.711. The molecule has 0 aliphatic carbocycles. The number of nitrogens with zero attached hydrogens (tertiary/aromatic N) is 3. The maximum atomic E-state index is 13.6. The minimum Gasteiger partial charge on any atom is -0.497 e. The number of pyridine rings is 1. The van der Waals surface area contributed by atoms with Crippen LogP contribution in [0.4, 0.5) is 10.5 Å². The maximum absolute atomic E-state index is 13.6. The Morgan fingerprint density at radius 2 is 2.06 bits per heavy atom. The fourth-order valence-electron chi connectivity index (χ4n) is 4.25. The van der Waals surface area contributed by atoms with Crippen molar-refractivity contribution in [1.29, 1.82) is 0 Å². The number of hydrogen-bond acceptors (Lipinski definition) is 8. The van der Waals surface area contributed by atoms with Crippen molar-refractivity contribution < 1.29 is 28.3 Å². The number of amides is 4. The normalized spacial score (nSPS) is 18.8. The van der Waals surface area contributed by atoms with Gasteiger partial charge in [0.25, 0.3) is 0 Å². The molecule has 1 N–H and O–H groups in total. The number of thioether (sulfide) groups is 1. The number of methoxy groups -OCH3 is 2. The third-order valence-electron chi connectivity index (χ3n) is 5.89. The van der Waals surface area contributed by atoms with E-state index in [1.165, 1.54) is 37.1 Å². The van der Waals surface area contributed by atoms with Gasteiger partial charge in [0, 0.05) is 23.4 Å². The first kappa shape index (κ1) is 22.8. The smallest absolute Gasteiger partial charge is 0.328 e. The summed E-state index contributed by atoms with van der Waals surface area (Å²) in [6.07, 6.45) is 4.77. The van der Waals surface area contributed by atoms with E-state index in [-0.39, 0.29) is 19.0 Å². The van der Waals surface area contributed by atoms with E-state index in [1.54, 1.807) is 48.8 Å². The number of carbonyl (C=O) groups excluding carboxylic acids is 3. The lowest BCUT2D eigenvalue weighted by Gasteiger charge is -2.41. The van der Waals surface area contributed by atoms with Gasteiger partial charge in [-0.05, 0) is 35.9 Å². The van der Waals surface area contributed by atoms with Crippen LogP contribution < -0.4 is 14.8 Å². The zero-order valence-corrected chi connectivity index (χ0v) is 19.8. The lowest BCUT2D eigenvalue weighted by atomic mass is 10.00. The number of carbonyl (C=O) groups is 3. The number of ether oxygens (including phenoxy) is 2. The summed E-state index contributed by atoms with van der Waals surface area (Å²) in [6.45, 7) is -0.285. The first-order valence-corrected chi connectivity index (χ1v) is 11.6. The van der Waals surface area contributed by atoms with Crippen LogP contribution in [0.3, 0.4) is 0 Å². The fourth-order valence-corrected chi connectivity index (χ4v) is 5.62. The summed E-state index contributed by atoms with van der Waals surface area (Å²) in [7, 11) is 3.02. The highest BCUT2D eigenvalue weighted by molar-refractivity contribution is 8.01. The molecule has 11 heteroatoms. The average molecular weight is 495 g/mol. The molecule has 4 amide bonds. The molecule has 0 bridgehead atoms. The number of anilines is 1. The second kappa shape index (κ2) is 9.34. The molecule has 4 heterocycles. The predicted octanol–water partition coefficient (Wildman–Crippen LogP) is 3.31. The van der Waals surface area contributed by atoms with E-state index >= 15 is 0 Å². The van der Waals surface area contributed by atoms with Crippen LogP contribution in [-0.4, -0.2) is 58.6 Å². The summed E-state index contributed by atoms with van der Waals surface area (Å²) in [5, 5.41) is 2.21. The van der Waals surface area contributed by atoms with Gasteiger partial charge in [0.15, 0.2) is 0 Å². The van der Waals surface area contributed by atoms with Crippen molar-refractivity contribution in [2.24, 2.45) is 0 Å². The maximum Gasteiger partial charge on any atom is 0.328 e. The summed E-state index contributed by atoms with van der Waals surface area (Å²) >= 11 is 1.35. The van der Waals surface area contributed by atoms with Gasteiger partial charge in [-0.1, -0.05) is 0 Å². The number of rotatable bonds is 7. The molecule has 1 fully saturated rings.